The van der Waals surface area contributed by atoms with Crippen LogP contribution in [0.3, 0.4) is 0 Å². The average molecular weight is 390 g/mol. The number of carbonyl (C=O) groups is 1. The molecule has 0 fully saturated rings. The minimum atomic E-state index is -0.227. The van der Waals surface area contributed by atoms with Gasteiger partial charge >= 0.3 is 0 Å². The lowest BCUT2D eigenvalue weighted by Crippen LogP contribution is -2.19. The van der Waals surface area contributed by atoms with Crippen LogP contribution in [0, 0.1) is 0 Å². The van der Waals surface area contributed by atoms with Crippen LogP contribution in [0.2, 0.25) is 0 Å². The number of benzene rings is 4. The molecule has 4 aromatic rings. The molecule has 0 saturated carbocycles. The quantitative estimate of drug-likeness (QED) is 0.321. The largest absolute Gasteiger partial charge is 0.271 e. The Kier molecular flexibility index (Phi) is 5.81. The third-order valence-corrected chi connectivity index (χ3v) is 4.99. The standard InChI is InChI=1S/C27H22N2O/c1-20(21-12-14-24(15-13-21)22-8-4-2-5-9-22)28-29-27(30)26-18-16-25(17-19-26)23-10-6-3-7-11-23/h2-19H,1H3,(H,29,30). The van der Waals surface area contributed by atoms with Gasteiger partial charge < -0.3 is 0 Å². The maximum atomic E-state index is 12.4. The van der Waals surface area contributed by atoms with Crippen LogP contribution in [-0.2, 0) is 0 Å². The van der Waals surface area contributed by atoms with Gasteiger partial charge in [0.25, 0.3) is 5.91 Å². The van der Waals surface area contributed by atoms with Crippen molar-refractivity contribution in [2.75, 3.05) is 0 Å². The number of hydrogen-bond donors (Lipinski definition) is 1. The summed E-state index contributed by atoms with van der Waals surface area (Å²) in [6.45, 7) is 1.89. The minimum absolute atomic E-state index is 0.227. The number of hydrogen-bond acceptors (Lipinski definition) is 2. The predicted molar refractivity (Wildman–Crippen MR) is 123 cm³/mol. The van der Waals surface area contributed by atoms with Crippen LogP contribution >= 0.6 is 0 Å². The summed E-state index contributed by atoms with van der Waals surface area (Å²) < 4.78 is 0. The highest BCUT2D eigenvalue weighted by atomic mass is 16.2. The van der Waals surface area contributed by atoms with Crippen molar-refractivity contribution in [3.63, 3.8) is 0 Å². The van der Waals surface area contributed by atoms with Gasteiger partial charge in [-0.2, -0.15) is 5.10 Å². The van der Waals surface area contributed by atoms with Gasteiger partial charge in [-0.1, -0.05) is 97.1 Å². The van der Waals surface area contributed by atoms with Crippen molar-refractivity contribution in [1.29, 1.82) is 0 Å². The highest BCUT2D eigenvalue weighted by Crippen LogP contribution is 2.20. The third-order valence-electron chi connectivity index (χ3n) is 4.99. The Morgan fingerprint density at radius 1 is 0.567 bits per heavy atom. The first kappa shape index (κ1) is 19.3. The van der Waals surface area contributed by atoms with Crippen molar-refractivity contribution in [2.24, 2.45) is 5.10 Å². The highest BCUT2D eigenvalue weighted by Gasteiger charge is 2.06. The zero-order valence-corrected chi connectivity index (χ0v) is 16.7. The Morgan fingerprint density at radius 2 is 0.967 bits per heavy atom. The summed E-state index contributed by atoms with van der Waals surface area (Å²) >= 11 is 0. The molecule has 0 aliphatic heterocycles. The second kappa shape index (κ2) is 9.01. The molecule has 0 heterocycles. The van der Waals surface area contributed by atoms with E-state index in [1.807, 2.05) is 91.9 Å². The lowest BCUT2D eigenvalue weighted by molar-refractivity contribution is 0.0955. The van der Waals surface area contributed by atoms with Crippen molar-refractivity contribution < 1.29 is 4.79 Å². The molecule has 4 rings (SSSR count). The molecule has 3 heteroatoms. The smallest absolute Gasteiger partial charge is 0.267 e. The molecule has 0 aromatic heterocycles. The predicted octanol–water partition coefficient (Wildman–Crippen LogP) is 6.17. The van der Waals surface area contributed by atoms with Crippen LogP contribution in [0.1, 0.15) is 22.8 Å². The summed E-state index contributed by atoms with van der Waals surface area (Å²) in [5.74, 6) is -0.227. The first-order valence-corrected chi connectivity index (χ1v) is 9.87. The molecular formula is C27H22N2O. The van der Waals surface area contributed by atoms with Gasteiger partial charge in [-0.3, -0.25) is 4.79 Å². The van der Waals surface area contributed by atoms with E-state index in [2.05, 4.69) is 34.8 Å². The maximum Gasteiger partial charge on any atom is 0.271 e. The Labute approximate surface area is 176 Å². The maximum absolute atomic E-state index is 12.4. The second-order valence-corrected chi connectivity index (χ2v) is 7.02. The van der Waals surface area contributed by atoms with Gasteiger partial charge in [-0.05, 0) is 46.9 Å². The van der Waals surface area contributed by atoms with Crippen molar-refractivity contribution >= 4 is 11.6 Å². The van der Waals surface area contributed by atoms with Gasteiger partial charge in [0.05, 0.1) is 5.71 Å². The summed E-state index contributed by atoms with van der Waals surface area (Å²) in [6, 6.07) is 36.0. The zero-order valence-electron chi connectivity index (χ0n) is 16.7. The van der Waals surface area contributed by atoms with E-state index in [4.69, 9.17) is 0 Å². The van der Waals surface area contributed by atoms with Gasteiger partial charge in [0.2, 0.25) is 0 Å². The van der Waals surface area contributed by atoms with Crippen LogP contribution in [0.5, 0.6) is 0 Å². The van der Waals surface area contributed by atoms with Crippen molar-refractivity contribution in [2.45, 2.75) is 6.92 Å². The van der Waals surface area contributed by atoms with Crippen LogP contribution < -0.4 is 5.43 Å². The molecule has 3 nitrogen and oxygen atoms in total. The number of amides is 1. The Bertz CT molecular complexity index is 1150. The fourth-order valence-electron chi connectivity index (χ4n) is 3.24. The van der Waals surface area contributed by atoms with E-state index >= 15 is 0 Å². The van der Waals surface area contributed by atoms with E-state index in [9.17, 15) is 4.79 Å². The molecule has 146 valence electrons. The molecule has 0 unspecified atom stereocenters. The number of rotatable bonds is 5. The molecule has 0 radical (unpaired) electrons. The first-order valence-electron chi connectivity index (χ1n) is 9.87. The molecule has 1 N–H and O–H groups in total. The SMILES string of the molecule is CC(=NNC(=O)c1ccc(-c2ccccc2)cc1)c1ccc(-c2ccccc2)cc1. The summed E-state index contributed by atoms with van der Waals surface area (Å²) in [4.78, 5) is 12.4. The molecule has 0 spiro atoms. The van der Waals surface area contributed by atoms with Gasteiger partial charge in [-0.15, -0.1) is 0 Å². The lowest BCUT2D eigenvalue weighted by Gasteiger charge is -2.06. The molecule has 0 atom stereocenters. The summed E-state index contributed by atoms with van der Waals surface area (Å²) in [5, 5.41) is 4.27. The number of nitrogens with zero attached hydrogens (tertiary/aromatic N) is 1. The molecule has 30 heavy (non-hydrogen) atoms. The molecule has 0 bridgehead atoms. The molecule has 4 aromatic carbocycles. The normalized spacial score (nSPS) is 11.2. The Balaban J connectivity index is 1.42. The van der Waals surface area contributed by atoms with E-state index < -0.39 is 0 Å². The van der Waals surface area contributed by atoms with Gasteiger partial charge in [0, 0.05) is 5.56 Å². The summed E-state index contributed by atoms with van der Waals surface area (Å²) in [6.07, 6.45) is 0. The summed E-state index contributed by atoms with van der Waals surface area (Å²) in [5.41, 5.74) is 9.46. The number of hydrazone groups is 1. The molecule has 0 aliphatic rings. The fourth-order valence-corrected chi connectivity index (χ4v) is 3.24. The molecule has 0 aliphatic carbocycles. The molecular weight excluding hydrogens is 368 g/mol. The first-order chi connectivity index (χ1) is 14.7. The fraction of sp³-hybridized carbons (Fsp3) is 0.0370. The Morgan fingerprint density at radius 3 is 1.43 bits per heavy atom. The van der Waals surface area contributed by atoms with Gasteiger partial charge in [0.15, 0.2) is 0 Å². The highest BCUT2D eigenvalue weighted by molar-refractivity contribution is 6.01. The topological polar surface area (TPSA) is 41.5 Å². The van der Waals surface area contributed by atoms with Gasteiger partial charge in [0.1, 0.15) is 0 Å². The van der Waals surface area contributed by atoms with E-state index in [0.29, 0.717) is 5.56 Å². The van der Waals surface area contributed by atoms with E-state index in [0.717, 1.165) is 28.0 Å². The molecule has 0 saturated heterocycles. The van der Waals surface area contributed by atoms with E-state index in [1.54, 1.807) is 0 Å². The van der Waals surface area contributed by atoms with Gasteiger partial charge in [-0.25, -0.2) is 5.43 Å². The monoisotopic (exact) mass is 390 g/mol. The Hall–Kier alpha value is -3.98. The number of nitrogens with one attached hydrogen (secondary N) is 1. The van der Waals surface area contributed by atoms with Crippen molar-refractivity contribution in [3.05, 3.63) is 120 Å². The van der Waals surface area contributed by atoms with E-state index in [1.165, 1.54) is 5.56 Å². The second-order valence-electron chi connectivity index (χ2n) is 7.02. The minimum Gasteiger partial charge on any atom is -0.267 e. The van der Waals surface area contributed by atoms with Crippen LogP contribution in [-0.4, -0.2) is 11.6 Å². The van der Waals surface area contributed by atoms with Crippen molar-refractivity contribution in [1.82, 2.24) is 5.43 Å². The third kappa shape index (κ3) is 4.53. The van der Waals surface area contributed by atoms with Crippen LogP contribution in [0.15, 0.2) is 114 Å². The van der Waals surface area contributed by atoms with Crippen molar-refractivity contribution in [3.8, 4) is 22.3 Å². The van der Waals surface area contributed by atoms with Crippen LogP contribution in [0.25, 0.3) is 22.3 Å². The lowest BCUT2D eigenvalue weighted by atomic mass is 10.0. The van der Waals surface area contributed by atoms with Crippen LogP contribution in [0.4, 0.5) is 0 Å². The number of carbonyl (C=O) groups excluding carboxylic acids is 1. The zero-order chi connectivity index (χ0) is 20.8. The molecule has 1 amide bonds. The summed E-state index contributed by atoms with van der Waals surface area (Å²) in [7, 11) is 0. The van der Waals surface area contributed by atoms with E-state index in [-0.39, 0.29) is 5.91 Å². The average Bonchev–Trinajstić information content (AvgIpc) is 2.83.